The van der Waals surface area contributed by atoms with Gasteiger partial charge in [-0.1, -0.05) is 20.8 Å². The van der Waals surface area contributed by atoms with Crippen LogP contribution in [0.15, 0.2) is 0 Å². The van der Waals surface area contributed by atoms with Crippen molar-refractivity contribution >= 4 is 5.82 Å². The maximum Gasteiger partial charge on any atom is 0.221 e. The first kappa shape index (κ1) is 15.7. The fraction of sp³-hybridized carbons (Fsp3) is 0.692. The summed E-state index contributed by atoms with van der Waals surface area (Å²) in [6, 6.07) is 0. The number of hydrazine groups is 1. The van der Waals surface area contributed by atoms with Crippen LogP contribution in [0.25, 0.3) is 0 Å². The number of ether oxygens (including phenoxy) is 2. The standard InChI is InChI=1S/C13H24N4O2/c1-9-10(17-14)15-12(13(2,3)4)16-11(9)19-8-6-7-18-5/h6-8,14H2,1-5H3,(H,15,16,17). The van der Waals surface area contributed by atoms with E-state index in [4.69, 9.17) is 15.3 Å². The molecule has 6 nitrogen and oxygen atoms in total. The maximum atomic E-state index is 5.69. The Morgan fingerprint density at radius 1 is 1.21 bits per heavy atom. The molecule has 0 saturated heterocycles. The average Bonchev–Trinajstić information content (AvgIpc) is 2.35. The number of nitrogen functional groups attached to an aromatic ring is 1. The second kappa shape index (κ2) is 6.68. The molecule has 19 heavy (non-hydrogen) atoms. The van der Waals surface area contributed by atoms with Crippen molar-refractivity contribution in [2.45, 2.75) is 39.5 Å². The minimum Gasteiger partial charge on any atom is -0.477 e. The Kier molecular flexibility index (Phi) is 5.50. The molecule has 6 heteroatoms. The SMILES string of the molecule is COCCCOc1nc(C(C)(C)C)nc(NN)c1C. The van der Waals surface area contributed by atoms with E-state index in [1.807, 2.05) is 27.7 Å². The second-order valence-corrected chi connectivity index (χ2v) is 5.42. The molecule has 108 valence electrons. The highest BCUT2D eigenvalue weighted by Crippen LogP contribution is 2.27. The van der Waals surface area contributed by atoms with Gasteiger partial charge in [0.05, 0.1) is 12.2 Å². The lowest BCUT2D eigenvalue weighted by atomic mass is 9.95. The molecule has 0 fully saturated rings. The van der Waals surface area contributed by atoms with Crippen molar-refractivity contribution < 1.29 is 9.47 Å². The monoisotopic (exact) mass is 268 g/mol. The number of aromatic nitrogens is 2. The predicted octanol–water partition coefficient (Wildman–Crippen LogP) is 1.78. The van der Waals surface area contributed by atoms with Crippen molar-refractivity contribution in [2.24, 2.45) is 5.84 Å². The van der Waals surface area contributed by atoms with Gasteiger partial charge in [-0.25, -0.2) is 10.8 Å². The van der Waals surface area contributed by atoms with Gasteiger partial charge >= 0.3 is 0 Å². The van der Waals surface area contributed by atoms with Crippen LogP contribution in [0, 0.1) is 6.92 Å². The number of hydrogen-bond acceptors (Lipinski definition) is 6. The third-order valence-electron chi connectivity index (χ3n) is 2.64. The summed E-state index contributed by atoms with van der Waals surface area (Å²) in [5.41, 5.74) is 3.24. The van der Waals surface area contributed by atoms with Crippen molar-refractivity contribution in [1.29, 1.82) is 0 Å². The Morgan fingerprint density at radius 2 is 1.89 bits per heavy atom. The van der Waals surface area contributed by atoms with Crippen LogP contribution in [0.2, 0.25) is 0 Å². The molecule has 1 aromatic rings. The van der Waals surface area contributed by atoms with Gasteiger partial charge in [-0.3, -0.25) is 0 Å². The van der Waals surface area contributed by atoms with Crippen LogP contribution in [0.4, 0.5) is 5.82 Å². The topological polar surface area (TPSA) is 82.3 Å². The summed E-state index contributed by atoms with van der Waals surface area (Å²) in [6.45, 7) is 9.25. The van der Waals surface area contributed by atoms with Gasteiger partial charge in [-0.15, -0.1) is 0 Å². The smallest absolute Gasteiger partial charge is 0.221 e. The minimum atomic E-state index is -0.163. The molecule has 0 atom stereocenters. The number of hydrogen-bond donors (Lipinski definition) is 2. The molecular weight excluding hydrogens is 244 g/mol. The van der Waals surface area contributed by atoms with Gasteiger partial charge in [0.2, 0.25) is 5.88 Å². The van der Waals surface area contributed by atoms with Gasteiger partial charge in [0.25, 0.3) is 0 Å². The molecule has 0 aliphatic rings. The molecule has 0 amide bonds. The van der Waals surface area contributed by atoms with Crippen molar-refractivity contribution in [3.63, 3.8) is 0 Å². The van der Waals surface area contributed by atoms with Gasteiger partial charge < -0.3 is 14.9 Å². The number of nitrogens with two attached hydrogens (primary N) is 1. The molecule has 1 aromatic heterocycles. The van der Waals surface area contributed by atoms with E-state index >= 15 is 0 Å². The summed E-state index contributed by atoms with van der Waals surface area (Å²) in [5, 5.41) is 0. The van der Waals surface area contributed by atoms with Crippen LogP contribution in [0.3, 0.4) is 0 Å². The highest BCUT2D eigenvalue weighted by atomic mass is 16.5. The fourth-order valence-corrected chi connectivity index (χ4v) is 1.48. The Balaban J connectivity index is 2.95. The van der Waals surface area contributed by atoms with E-state index in [0.717, 1.165) is 12.0 Å². The van der Waals surface area contributed by atoms with Crippen molar-refractivity contribution in [3.8, 4) is 5.88 Å². The van der Waals surface area contributed by atoms with Crippen LogP contribution >= 0.6 is 0 Å². The maximum absolute atomic E-state index is 5.69. The Hall–Kier alpha value is -1.40. The molecule has 1 rings (SSSR count). The first-order chi connectivity index (χ1) is 8.90. The third kappa shape index (κ3) is 4.33. The number of anilines is 1. The second-order valence-electron chi connectivity index (χ2n) is 5.42. The van der Waals surface area contributed by atoms with E-state index in [0.29, 0.717) is 30.7 Å². The summed E-state index contributed by atoms with van der Waals surface area (Å²) in [7, 11) is 1.67. The van der Waals surface area contributed by atoms with E-state index in [-0.39, 0.29) is 5.41 Å². The largest absolute Gasteiger partial charge is 0.477 e. The molecule has 0 aliphatic heterocycles. The van der Waals surface area contributed by atoms with E-state index < -0.39 is 0 Å². The van der Waals surface area contributed by atoms with E-state index in [1.165, 1.54) is 0 Å². The van der Waals surface area contributed by atoms with Crippen molar-refractivity contribution in [3.05, 3.63) is 11.4 Å². The first-order valence-electron chi connectivity index (χ1n) is 6.37. The van der Waals surface area contributed by atoms with Crippen LogP contribution in [-0.2, 0) is 10.2 Å². The van der Waals surface area contributed by atoms with Crippen molar-refractivity contribution in [1.82, 2.24) is 9.97 Å². The van der Waals surface area contributed by atoms with Crippen molar-refractivity contribution in [2.75, 3.05) is 25.7 Å². The van der Waals surface area contributed by atoms with Gasteiger partial charge in [0, 0.05) is 25.6 Å². The van der Waals surface area contributed by atoms with Gasteiger partial charge in [-0.2, -0.15) is 4.98 Å². The van der Waals surface area contributed by atoms with E-state index in [2.05, 4.69) is 15.4 Å². The molecule has 0 aromatic carbocycles. The molecule has 0 aliphatic carbocycles. The highest BCUT2D eigenvalue weighted by Gasteiger charge is 2.21. The molecule has 0 saturated carbocycles. The molecule has 0 bridgehead atoms. The lowest BCUT2D eigenvalue weighted by Gasteiger charge is -2.20. The summed E-state index contributed by atoms with van der Waals surface area (Å²) in [5.74, 6) is 7.37. The molecule has 0 radical (unpaired) electrons. The number of rotatable bonds is 6. The lowest BCUT2D eigenvalue weighted by Crippen LogP contribution is -2.21. The van der Waals surface area contributed by atoms with E-state index in [1.54, 1.807) is 7.11 Å². The van der Waals surface area contributed by atoms with Gasteiger partial charge in [-0.05, 0) is 6.92 Å². The highest BCUT2D eigenvalue weighted by molar-refractivity contribution is 5.48. The summed E-state index contributed by atoms with van der Waals surface area (Å²) in [6.07, 6.45) is 0.816. The number of nitrogens with one attached hydrogen (secondary N) is 1. The Bertz CT molecular complexity index is 416. The third-order valence-corrected chi connectivity index (χ3v) is 2.64. The zero-order valence-electron chi connectivity index (χ0n) is 12.4. The van der Waals surface area contributed by atoms with Crippen LogP contribution < -0.4 is 16.0 Å². The number of nitrogens with zero attached hydrogens (tertiary/aromatic N) is 2. The predicted molar refractivity (Wildman–Crippen MR) is 75.3 cm³/mol. The summed E-state index contributed by atoms with van der Waals surface area (Å²) < 4.78 is 10.7. The molecule has 1 heterocycles. The Labute approximate surface area is 114 Å². The molecular formula is C13H24N4O2. The van der Waals surface area contributed by atoms with Crippen LogP contribution in [0.1, 0.15) is 38.6 Å². The fourth-order valence-electron chi connectivity index (χ4n) is 1.48. The zero-order chi connectivity index (χ0) is 14.5. The summed E-state index contributed by atoms with van der Waals surface area (Å²) >= 11 is 0. The Morgan fingerprint density at radius 3 is 2.42 bits per heavy atom. The van der Waals surface area contributed by atoms with Crippen LogP contribution in [0.5, 0.6) is 5.88 Å². The average molecular weight is 268 g/mol. The van der Waals surface area contributed by atoms with Gasteiger partial charge in [0.15, 0.2) is 5.82 Å². The number of methoxy groups -OCH3 is 1. The van der Waals surface area contributed by atoms with E-state index in [9.17, 15) is 0 Å². The normalized spacial score (nSPS) is 11.5. The van der Waals surface area contributed by atoms with Crippen LogP contribution in [-0.4, -0.2) is 30.3 Å². The first-order valence-corrected chi connectivity index (χ1v) is 6.37. The quantitative estimate of drug-likeness (QED) is 0.465. The minimum absolute atomic E-state index is 0.163. The summed E-state index contributed by atoms with van der Waals surface area (Å²) in [4.78, 5) is 8.90. The molecule has 0 unspecified atom stereocenters. The lowest BCUT2D eigenvalue weighted by molar-refractivity contribution is 0.170. The zero-order valence-corrected chi connectivity index (χ0v) is 12.4. The van der Waals surface area contributed by atoms with Gasteiger partial charge in [0.1, 0.15) is 5.82 Å². The molecule has 3 N–H and O–H groups in total. The molecule has 0 spiro atoms.